The molecule has 0 radical (unpaired) electrons. The van der Waals surface area contributed by atoms with Crippen molar-refractivity contribution in [1.29, 1.82) is 0 Å². The molecule has 3 rings (SSSR count). The highest BCUT2D eigenvalue weighted by Crippen LogP contribution is 2.16. The first kappa shape index (κ1) is 18.2. The van der Waals surface area contributed by atoms with Gasteiger partial charge in [0.1, 0.15) is 11.6 Å². The van der Waals surface area contributed by atoms with Gasteiger partial charge in [-0.15, -0.1) is 0 Å². The zero-order valence-corrected chi connectivity index (χ0v) is 15.2. The number of anilines is 2. The van der Waals surface area contributed by atoms with Crippen LogP contribution in [-0.2, 0) is 4.79 Å². The topological polar surface area (TPSA) is 57.7 Å². The van der Waals surface area contributed by atoms with Gasteiger partial charge in [0, 0.05) is 51.5 Å². The summed E-state index contributed by atoms with van der Waals surface area (Å²) in [5.74, 6) is 1.83. The highest BCUT2D eigenvalue weighted by atomic mass is 16.5. The Labute approximate surface area is 154 Å². The molecule has 1 aliphatic rings. The van der Waals surface area contributed by atoms with Crippen molar-refractivity contribution in [1.82, 2.24) is 9.88 Å². The Bertz CT molecular complexity index is 683. The third-order valence-electron chi connectivity index (χ3n) is 4.41. The highest BCUT2D eigenvalue weighted by molar-refractivity contribution is 5.88. The zero-order valence-electron chi connectivity index (χ0n) is 15.2. The number of pyridine rings is 1. The Morgan fingerprint density at radius 2 is 1.88 bits per heavy atom. The molecular formula is C20H26N4O2. The van der Waals surface area contributed by atoms with Gasteiger partial charge in [-0.2, -0.15) is 0 Å². The van der Waals surface area contributed by atoms with Gasteiger partial charge in [0.15, 0.2) is 0 Å². The summed E-state index contributed by atoms with van der Waals surface area (Å²) in [6.45, 7) is 7.38. The molecule has 0 saturated carbocycles. The minimum atomic E-state index is -0.0678. The van der Waals surface area contributed by atoms with E-state index in [4.69, 9.17) is 4.74 Å². The number of nitrogens with one attached hydrogen (secondary N) is 1. The van der Waals surface area contributed by atoms with Crippen molar-refractivity contribution in [2.75, 3.05) is 49.5 Å². The van der Waals surface area contributed by atoms with Crippen LogP contribution in [0.25, 0.3) is 0 Å². The largest absolute Gasteiger partial charge is 0.494 e. The number of hydrogen-bond donors (Lipinski definition) is 1. The van der Waals surface area contributed by atoms with Gasteiger partial charge in [0.2, 0.25) is 5.91 Å². The van der Waals surface area contributed by atoms with Crippen molar-refractivity contribution >= 4 is 17.4 Å². The minimum Gasteiger partial charge on any atom is -0.494 e. The van der Waals surface area contributed by atoms with Crippen molar-refractivity contribution in [2.24, 2.45) is 0 Å². The number of hydrogen-bond acceptors (Lipinski definition) is 5. The minimum absolute atomic E-state index is 0.0678. The molecule has 1 amide bonds. The average Bonchev–Trinajstić information content (AvgIpc) is 2.67. The zero-order chi connectivity index (χ0) is 18.2. The number of piperazine rings is 1. The average molecular weight is 354 g/mol. The Morgan fingerprint density at radius 3 is 2.54 bits per heavy atom. The number of nitrogens with zero attached hydrogens (tertiary/aromatic N) is 3. The third-order valence-corrected chi connectivity index (χ3v) is 4.41. The molecule has 0 atom stereocenters. The van der Waals surface area contributed by atoms with Crippen LogP contribution in [0.3, 0.4) is 0 Å². The van der Waals surface area contributed by atoms with Gasteiger partial charge in [-0.1, -0.05) is 6.07 Å². The normalized spacial score (nSPS) is 14.9. The van der Waals surface area contributed by atoms with Crippen LogP contribution in [0, 0.1) is 0 Å². The van der Waals surface area contributed by atoms with Gasteiger partial charge >= 0.3 is 0 Å². The number of aromatic nitrogens is 1. The number of carbonyl (C=O) groups is 1. The predicted octanol–water partition coefficient (Wildman–Crippen LogP) is 2.63. The summed E-state index contributed by atoms with van der Waals surface area (Å²) < 4.78 is 5.79. The van der Waals surface area contributed by atoms with E-state index in [-0.39, 0.29) is 5.91 Å². The highest BCUT2D eigenvalue weighted by Gasteiger charge is 2.17. The number of ether oxygens (including phenoxy) is 1. The molecule has 6 heteroatoms. The molecule has 1 aromatic heterocycles. The van der Waals surface area contributed by atoms with Crippen molar-refractivity contribution < 1.29 is 9.53 Å². The third kappa shape index (κ3) is 5.46. The van der Waals surface area contributed by atoms with Gasteiger partial charge in [-0.3, -0.25) is 9.69 Å². The second-order valence-corrected chi connectivity index (χ2v) is 6.42. The first-order valence-corrected chi connectivity index (χ1v) is 9.09. The van der Waals surface area contributed by atoms with Crippen molar-refractivity contribution in [3.8, 4) is 5.75 Å². The lowest BCUT2D eigenvalue weighted by atomic mass is 10.3. The van der Waals surface area contributed by atoms with Crippen LogP contribution in [0.15, 0.2) is 48.7 Å². The van der Waals surface area contributed by atoms with E-state index < -0.39 is 0 Å². The molecule has 1 aliphatic heterocycles. The van der Waals surface area contributed by atoms with Gasteiger partial charge in [-0.25, -0.2) is 4.98 Å². The maximum atomic E-state index is 11.0. The van der Waals surface area contributed by atoms with Gasteiger partial charge in [0.25, 0.3) is 0 Å². The fraction of sp³-hybridized carbons (Fsp3) is 0.400. The van der Waals surface area contributed by atoms with Crippen molar-refractivity contribution in [3.63, 3.8) is 0 Å². The molecule has 138 valence electrons. The molecule has 0 aliphatic carbocycles. The fourth-order valence-electron chi connectivity index (χ4n) is 3.06. The molecule has 1 fully saturated rings. The van der Waals surface area contributed by atoms with Crippen molar-refractivity contribution in [3.05, 3.63) is 48.7 Å². The monoisotopic (exact) mass is 354 g/mol. The molecule has 6 nitrogen and oxygen atoms in total. The van der Waals surface area contributed by atoms with Crippen LogP contribution in [-0.4, -0.2) is 55.1 Å². The molecule has 0 spiro atoms. The maximum Gasteiger partial charge on any atom is 0.221 e. The Hall–Kier alpha value is -2.60. The predicted molar refractivity (Wildman–Crippen MR) is 104 cm³/mol. The Kier molecular flexibility index (Phi) is 6.44. The fourth-order valence-corrected chi connectivity index (χ4v) is 3.06. The van der Waals surface area contributed by atoms with Crippen LogP contribution >= 0.6 is 0 Å². The summed E-state index contributed by atoms with van der Waals surface area (Å²) >= 11 is 0. The Morgan fingerprint density at radius 1 is 1.12 bits per heavy atom. The van der Waals surface area contributed by atoms with E-state index in [9.17, 15) is 4.79 Å². The second kappa shape index (κ2) is 9.20. The summed E-state index contributed by atoms with van der Waals surface area (Å²) in [4.78, 5) is 20.2. The molecule has 26 heavy (non-hydrogen) atoms. The lowest BCUT2D eigenvalue weighted by Crippen LogP contribution is -2.47. The first-order chi connectivity index (χ1) is 12.7. The van der Waals surface area contributed by atoms with E-state index in [1.807, 2.05) is 42.6 Å². The van der Waals surface area contributed by atoms with E-state index in [2.05, 4.69) is 26.2 Å². The van der Waals surface area contributed by atoms with Crippen LogP contribution in [0.2, 0.25) is 0 Å². The number of amides is 1. The van der Waals surface area contributed by atoms with E-state index in [1.54, 1.807) is 0 Å². The summed E-state index contributed by atoms with van der Waals surface area (Å²) in [6, 6.07) is 13.5. The Balaban J connectivity index is 1.33. The maximum absolute atomic E-state index is 11.0. The number of carbonyl (C=O) groups excluding carboxylic acids is 1. The molecule has 1 aromatic carbocycles. The van der Waals surface area contributed by atoms with Crippen molar-refractivity contribution in [2.45, 2.75) is 13.3 Å². The van der Waals surface area contributed by atoms with E-state index in [0.717, 1.165) is 56.4 Å². The van der Waals surface area contributed by atoms with E-state index in [1.165, 1.54) is 6.92 Å². The SMILES string of the molecule is CC(=O)Nc1ccc(OCCCN2CCN(c3ccccn3)CC2)cc1. The summed E-state index contributed by atoms with van der Waals surface area (Å²) in [6.07, 6.45) is 2.85. The molecule has 0 bridgehead atoms. The van der Waals surface area contributed by atoms with Crippen LogP contribution < -0.4 is 15.0 Å². The summed E-state index contributed by atoms with van der Waals surface area (Å²) in [7, 11) is 0. The van der Waals surface area contributed by atoms with Crippen LogP contribution in [0.1, 0.15) is 13.3 Å². The van der Waals surface area contributed by atoms with Crippen LogP contribution in [0.5, 0.6) is 5.75 Å². The quantitative estimate of drug-likeness (QED) is 0.775. The first-order valence-electron chi connectivity index (χ1n) is 9.09. The lowest BCUT2D eigenvalue weighted by molar-refractivity contribution is -0.114. The van der Waals surface area contributed by atoms with E-state index >= 15 is 0 Å². The summed E-state index contributed by atoms with van der Waals surface area (Å²) in [5.41, 5.74) is 0.788. The van der Waals surface area contributed by atoms with Crippen LogP contribution in [0.4, 0.5) is 11.5 Å². The number of benzene rings is 1. The lowest BCUT2D eigenvalue weighted by Gasteiger charge is -2.35. The molecule has 1 saturated heterocycles. The van der Waals surface area contributed by atoms with Gasteiger partial charge in [-0.05, 0) is 42.8 Å². The smallest absolute Gasteiger partial charge is 0.221 e. The second-order valence-electron chi connectivity index (χ2n) is 6.42. The summed E-state index contributed by atoms with van der Waals surface area (Å²) in [5, 5.41) is 2.75. The van der Waals surface area contributed by atoms with E-state index in [0.29, 0.717) is 6.61 Å². The molecule has 1 N–H and O–H groups in total. The molecular weight excluding hydrogens is 328 g/mol. The molecule has 0 unspecified atom stereocenters. The molecule has 2 aromatic rings. The molecule has 2 heterocycles. The number of rotatable bonds is 7. The van der Waals surface area contributed by atoms with Gasteiger partial charge < -0.3 is 15.0 Å². The van der Waals surface area contributed by atoms with Gasteiger partial charge in [0.05, 0.1) is 6.61 Å². The standard InChI is InChI=1S/C20H26N4O2/c1-17(25)22-18-6-8-19(9-7-18)26-16-4-11-23-12-14-24(15-13-23)20-5-2-3-10-21-20/h2-3,5-10H,4,11-16H2,1H3,(H,22,25).